The van der Waals surface area contributed by atoms with E-state index in [0.29, 0.717) is 13.1 Å². The van der Waals surface area contributed by atoms with Gasteiger partial charge in [-0.3, -0.25) is 19.6 Å². The normalized spacial score (nSPS) is 10.4. The molecule has 8 heteroatoms. The van der Waals surface area contributed by atoms with Crippen LogP contribution in [0.4, 0.5) is 5.69 Å². The maximum Gasteiger partial charge on any atom is 0.310 e. The molecule has 0 radical (unpaired) electrons. The Morgan fingerprint density at radius 3 is 2.56 bits per heavy atom. The molecule has 0 bridgehead atoms. The number of hydrogen-bond donors (Lipinski definition) is 1. The van der Waals surface area contributed by atoms with Crippen molar-refractivity contribution in [2.24, 2.45) is 0 Å². The van der Waals surface area contributed by atoms with Gasteiger partial charge in [0.25, 0.3) is 5.91 Å². The van der Waals surface area contributed by atoms with Crippen LogP contribution in [0.1, 0.15) is 11.1 Å². The lowest BCUT2D eigenvalue weighted by Crippen LogP contribution is -2.28. The molecule has 8 nitrogen and oxygen atoms in total. The fourth-order valence-electron chi connectivity index (χ4n) is 2.47. The summed E-state index contributed by atoms with van der Waals surface area (Å²) < 4.78 is 7.09. The monoisotopic (exact) mass is 366 g/mol. The number of para-hydroxylation sites is 2. The van der Waals surface area contributed by atoms with Crippen molar-refractivity contribution in [2.75, 3.05) is 6.61 Å². The first-order valence-corrected chi connectivity index (χ1v) is 8.30. The van der Waals surface area contributed by atoms with Crippen molar-refractivity contribution < 1.29 is 14.5 Å². The van der Waals surface area contributed by atoms with Crippen molar-refractivity contribution in [2.45, 2.75) is 13.1 Å². The molecule has 3 rings (SSSR count). The zero-order valence-electron chi connectivity index (χ0n) is 14.4. The summed E-state index contributed by atoms with van der Waals surface area (Å²) >= 11 is 0. The van der Waals surface area contributed by atoms with E-state index in [2.05, 4.69) is 10.4 Å². The third-order valence-corrected chi connectivity index (χ3v) is 3.84. The van der Waals surface area contributed by atoms with Crippen LogP contribution in [0, 0.1) is 10.1 Å². The van der Waals surface area contributed by atoms with Crippen molar-refractivity contribution in [1.29, 1.82) is 0 Å². The molecule has 0 saturated heterocycles. The molecule has 2 aromatic carbocycles. The van der Waals surface area contributed by atoms with Crippen LogP contribution in [-0.4, -0.2) is 27.2 Å². The molecular formula is C19H18N4O4. The smallest absolute Gasteiger partial charge is 0.310 e. The highest BCUT2D eigenvalue weighted by Crippen LogP contribution is 2.25. The summed E-state index contributed by atoms with van der Waals surface area (Å²) in [5.74, 6) is -0.283. The molecule has 0 fully saturated rings. The lowest BCUT2D eigenvalue weighted by Gasteiger charge is -2.08. The van der Waals surface area contributed by atoms with E-state index < -0.39 is 4.92 Å². The standard InChI is InChI=1S/C19H18N4O4/c24-19(14-27-18-5-2-1-4-17(18)23(25)26)20-12-15-6-8-16(9-7-15)13-22-11-3-10-21-22/h1-11H,12-14H2,(H,20,24). The number of nitrogens with zero attached hydrogens (tertiary/aromatic N) is 3. The Balaban J connectivity index is 1.47. The minimum absolute atomic E-state index is 0.0700. The number of hydrogen-bond acceptors (Lipinski definition) is 5. The number of carbonyl (C=O) groups is 1. The second-order valence-electron chi connectivity index (χ2n) is 5.81. The number of benzene rings is 2. The van der Waals surface area contributed by atoms with Gasteiger partial charge in [0.15, 0.2) is 12.4 Å². The van der Waals surface area contributed by atoms with Gasteiger partial charge in [-0.15, -0.1) is 0 Å². The molecule has 1 N–H and O–H groups in total. The second-order valence-corrected chi connectivity index (χ2v) is 5.81. The van der Waals surface area contributed by atoms with Gasteiger partial charge in [-0.2, -0.15) is 5.10 Å². The zero-order chi connectivity index (χ0) is 19.1. The molecule has 3 aromatic rings. The molecular weight excluding hydrogens is 348 g/mol. The molecule has 0 unspecified atom stereocenters. The molecule has 0 spiro atoms. The number of nitro benzene ring substituents is 1. The Labute approximate surface area is 155 Å². The van der Waals surface area contributed by atoms with Crippen LogP contribution in [0.15, 0.2) is 67.0 Å². The molecule has 1 aromatic heterocycles. The van der Waals surface area contributed by atoms with E-state index in [1.54, 1.807) is 18.3 Å². The molecule has 138 valence electrons. The highest BCUT2D eigenvalue weighted by molar-refractivity contribution is 5.77. The minimum atomic E-state index is -0.544. The Morgan fingerprint density at radius 2 is 1.85 bits per heavy atom. The van der Waals surface area contributed by atoms with Crippen LogP contribution >= 0.6 is 0 Å². The molecule has 27 heavy (non-hydrogen) atoms. The van der Waals surface area contributed by atoms with Crippen LogP contribution in [0.5, 0.6) is 5.75 Å². The molecule has 1 amide bonds. The van der Waals surface area contributed by atoms with E-state index in [1.807, 2.05) is 41.2 Å². The van der Waals surface area contributed by atoms with Gasteiger partial charge in [0.1, 0.15) is 0 Å². The third-order valence-electron chi connectivity index (χ3n) is 3.84. The first kappa shape index (κ1) is 18.1. The maximum atomic E-state index is 11.9. The molecule has 0 aliphatic rings. The lowest BCUT2D eigenvalue weighted by molar-refractivity contribution is -0.385. The van der Waals surface area contributed by atoms with Gasteiger partial charge in [-0.25, -0.2) is 0 Å². The Hall–Kier alpha value is -3.68. The number of nitro groups is 1. The minimum Gasteiger partial charge on any atom is -0.477 e. The van der Waals surface area contributed by atoms with E-state index in [4.69, 9.17) is 4.74 Å². The number of aromatic nitrogens is 2. The average Bonchev–Trinajstić information content (AvgIpc) is 3.19. The van der Waals surface area contributed by atoms with Crippen LogP contribution in [0.3, 0.4) is 0 Å². The SMILES string of the molecule is O=C(COc1ccccc1[N+](=O)[O-])NCc1ccc(Cn2cccn2)cc1. The van der Waals surface area contributed by atoms with Gasteiger partial charge < -0.3 is 10.1 Å². The Kier molecular flexibility index (Phi) is 5.78. The molecule has 0 saturated carbocycles. The van der Waals surface area contributed by atoms with Crippen LogP contribution in [-0.2, 0) is 17.9 Å². The van der Waals surface area contributed by atoms with Gasteiger partial charge in [-0.1, -0.05) is 36.4 Å². The summed E-state index contributed by atoms with van der Waals surface area (Å²) in [4.78, 5) is 22.3. The predicted molar refractivity (Wildman–Crippen MR) is 98.2 cm³/mol. The summed E-state index contributed by atoms with van der Waals surface area (Å²) in [5, 5.41) is 17.8. The van der Waals surface area contributed by atoms with Crippen molar-refractivity contribution >= 4 is 11.6 Å². The van der Waals surface area contributed by atoms with Crippen molar-refractivity contribution in [3.63, 3.8) is 0 Å². The van der Waals surface area contributed by atoms with Crippen LogP contribution < -0.4 is 10.1 Å². The Bertz CT molecular complexity index is 908. The number of carbonyl (C=O) groups excluding carboxylic acids is 1. The average molecular weight is 366 g/mol. The van der Waals surface area contributed by atoms with E-state index in [-0.39, 0.29) is 24.0 Å². The topological polar surface area (TPSA) is 99.3 Å². The van der Waals surface area contributed by atoms with E-state index >= 15 is 0 Å². The largest absolute Gasteiger partial charge is 0.477 e. The van der Waals surface area contributed by atoms with Crippen molar-refractivity contribution in [3.8, 4) is 5.75 Å². The summed E-state index contributed by atoms with van der Waals surface area (Å²) in [5.41, 5.74) is 1.88. The van der Waals surface area contributed by atoms with Gasteiger partial charge in [0.05, 0.1) is 11.5 Å². The highest BCUT2D eigenvalue weighted by Gasteiger charge is 2.14. The first-order chi connectivity index (χ1) is 13.1. The zero-order valence-corrected chi connectivity index (χ0v) is 14.4. The summed E-state index contributed by atoms with van der Waals surface area (Å²) in [6, 6.07) is 15.6. The van der Waals surface area contributed by atoms with Gasteiger partial charge in [-0.05, 0) is 23.3 Å². The van der Waals surface area contributed by atoms with E-state index in [9.17, 15) is 14.9 Å². The van der Waals surface area contributed by atoms with Gasteiger partial charge in [0, 0.05) is 25.0 Å². The molecule has 1 heterocycles. The fourth-order valence-corrected chi connectivity index (χ4v) is 2.47. The molecule has 0 aliphatic heterocycles. The van der Waals surface area contributed by atoms with Gasteiger partial charge in [0.2, 0.25) is 0 Å². The summed E-state index contributed by atoms with van der Waals surface area (Å²) in [7, 11) is 0. The first-order valence-electron chi connectivity index (χ1n) is 8.30. The number of ether oxygens (including phenoxy) is 1. The maximum absolute atomic E-state index is 11.9. The number of rotatable bonds is 8. The highest BCUT2D eigenvalue weighted by atomic mass is 16.6. The van der Waals surface area contributed by atoms with E-state index in [0.717, 1.165) is 11.1 Å². The molecule has 0 atom stereocenters. The summed E-state index contributed by atoms with van der Waals surface area (Å²) in [6.07, 6.45) is 3.63. The summed E-state index contributed by atoms with van der Waals surface area (Å²) in [6.45, 7) is 0.743. The number of nitrogens with one attached hydrogen (secondary N) is 1. The van der Waals surface area contributed by atoms with Crippen LogP contribution in [0.25, 0.3) is 0 Å². The quantitative estimate of drug-likeness (QED) is 0.488. The fraction of sp³-hybridized carbons (Fsp3) is 0.158. The van der Waals surface area contributed by atoms with Gasteiger partial charge >= 0.3 is 5.69 Å². The predicted octanol–water partition coefficient (Wildman–Crippen LogP) is 2.53. The van der Waals surface area contributed by atoms with Crippen molar-refractivity contribution in [1.82, 2.24) is 15.1 Å². The van der Waals surface area contributed by atoms with E-state index in [1.165, 1.54) is 12.1 Å². The Morgan fingerprint density at radius 1 is 1.11 bits per heavy atom. The lowest BCUT2D eigenvalue weighted by atomic mass is 10.1. The second kappa shape index (κ2) is 8.61. The van der Waals surface area contributed by atoms with Crippen molar-refractivity contribution in [3.05, 3.63) is 88.2 Å². The third kappa shape index (κ3) is 5.15. The van der Waals surface area contributed by atoms with Crippen LogP contribution in [0.2, 0.25) is 0 Å². The number of amides is 1. The molecule has 0 aliphatic carbocycles.